The van der Waals surface area contributed by atoms with Crippen LogP contribution in [0.3, 0.4) is 0 Å². The van der Waals surface area contributed by atoms with Crippen LogP contribution < -0.4 is 10.6 Å². The molecule has 0 bridgehead atoms. The molecule has 0 aromatic heterocycles. The Kier molecular flexibility index (Phi) is 5.39. The van der Waals surface area contributed by atoms with Crippen molar-refractivity contribution in [1.29, 1.82) is 0 Å². The predicted octanol–water partition coefficient (Wildman–Crippen LogP) is 3.84. The van der Waals surface area contributed by atoms with Crippen molar-refractivity contribution in [2.24, 2.45) is 0 Å². The standard InChI is InChI=1S/C22H23N3O5/c1-13(21(26)24-18-7-5-14-3-2-4-15(14)11-18)30-22(27)16-6-10-19(23-17-8-9-17)20(12-16)25(28)29/h5-7,10-13,17,23H,2-4,8-9H2,1H3,(H,24,26)/t13-/m0/s1. The summed E-state index contributed by atoms with van der Waals surface area (Å²) in [6.07, 6.45) is 4.05. The molecule has 2 aromatic rings. The second kappa shape index (κ2) is 8.14. The number of nitrogens with one attached hydrogen (secondary N) is 2. The van der Waals surface area contributed by atoms with E-state index in [4.69, 9.17) is 4.74 Å². The zero-order valence-electron chi connectivity index (χ0n) is 16.6. The Labute approximate surface area is 173 Å². The molecule has 8 nitrogen and oxygen atoms in total. The second-order valence-corrected chi connectivity index (χ2v) is 7.78. The molecule has 1 amide bonds. The molecule has 2 aliphatic carbocycles. The minimum atomic E-state index is -1.05. The molecule has 0 aliphatic heterocycles. The maximum Gasteiger partial charge on any atom is 0.339 e. The topological polar surface area (TPSA) is 111 Å². The number of nitrogens with zero attached hydrogens (tertiary/aromatic N) is 1. The Morgan fingerprint density at radius 2 is 1.90 bits per heavy atom. The highest BCUT2D eigenvalue weighted by Crippen LogP contribution is 2.32. The number of hydrogen-bond acceptors (Lipinski definition) is 6. The lowest BCUT2D eigenvalue weighted by atomic mass is 10.1. The van der Waals surface area contributed by atoms with Gasteiger partial charge in [0.1, 0.15) is 5.69 Å². The van der Waals surface area contributed by atoms with Crippen molar-refractivity contribution in [3.8, 4) is 0 Å². The number of ether oxygens (including phenoxy) is 1. The number of carbonyl (C=O) groups excluding carboxylic acids is 2. The van der Waals surface area contributed by atoms with E-state index in [1.807, 2.05) is 18.2 Å². The summed E-state index contributed by atoms with van der Waals surface area (Å²) in [5.74, 6) is -1.24. The van der Waals surface area contributed by atoms with Gasteiger partial charge in [0.25, 0.3) is 11.6 Å². The number of anilines is 2. The number of fused-ring (bicyclic) bond motifs is 1. The minimum absolute atomic E-state index is 0.0280. The van der Waals surface area contributed by atoms with Crippen molar-refractivity contribution in [3.63, 3.8) is 0 Å². The number of nitro groups is 1. The van der Waals surface area contributed by atoms with Crippen molar-refractivity contribution >= 4 is 28.9 Å². The maximum absolute atomic E-state index is 12.4. The summed E-state index contributed by atoms with van der Waals surface area (Å²) in [5.41, 5.74) is 3.40. The number of hydrogen-bond donors (Lipinski definition) is 2. The third kappa shape index (κ3) is 4.42. The van der Waals surface area contributed by atoms with Gasteiger partial charge in [-0.3, -0.25) is 14.9 Å². The number of benzene rings is 2. The monoisotopic (exact) mass is 409 g/mol. The fourth-order valence-electron chi connectivity index (χ4n) is 3.55. The first-order chi connectivity index (χ1) is 14.4. The van der Waals surface area contributed by atoms with Gasteiger partial charge in [0.15, 0.2) is 6.10 Å². The molecule has 0 spiro atoms. The van der Waals surface area contributed by atoms with Crippen LogP contribution in [0, 0.1) is 10.1 Å². The van der Waals surface area contributed by atoms with Crippen LogP contribution in [0.25, 0.3) is 0 Å². The van der Waals surface area contributed by atoms with Gasteiger partial charge in [-0.2, -0.15) is 0 Å². The number of nitro benzene ring substituents is 1. The molecular weight excluding hydrogens is 386 g/mol. The molecule has 30 heavy (non-hydrogen) atoms. The lowest BCUT2D eigenvalue weighted by Crippen LogP contribution is -2.30. The van der Waals surface area contributed by atoms with Gasteiger partial charge in [-0.15, -0.1) is 0 Å². The number of rotatable bonds is 7. The summed E-state index contributed by atoms with van der Waals surface area (Å²) in [7, 11) is 0. The largest absolute Gasteiger partial charge is 0.449 e. The first-order valence-electron chi connectivity index (χ1n) is 10.1. The number of esters is 1. The maximum atomic E-state index is 12.4. The Hall–Kier alpha value is -3.42. The van der Waals surface area contributed by atoms with Gasteiger partial charge in [-0.1, -0.05) is 6.07 Å². The van der Waals surface area contributed by atoms with Crippen LogP contribution in [0.4, 0.5) is 17.1 Å². The van der Waals surface area contributed by atoms with E-state index in [9.17, 15) is 19.7 Å². The highest BCUT2D eigenvalue weighted by atomic mass is 16.6. The Bertz CT molecular complexity index is 1020. The van der Waals surface area contributed by atoms with E-state index >= 15 is 0 Å². The summed E-state index contributed by atoms with van der Waals surface area (Å²) in [5, 5.41) is 17.2. The first kappa shape index (κ1) is 19.9. The van der Waals surface area contributed by atoms with E-state index in [-0.39, 0.29) is 17.3 Å². The Morgan fingerprint density at radius 1 is 1.13 bits per heavy atom. The minimum Gasteiger partial charge on any atom is -0.449 e. The van der Waals surface area contributed by atoms with Gasteiger partial charge < -0.3 is 15.4 Å². The van der Waals surface area contributed by atoms with E-state index in [1.54, 1.807) is 0 Å². The molecule has 0 unspecified atom stereocenters. The summed E-state index contributed by atoms with van der Waals surface area (Å²) in [6, 6.07) is 10.2. The molecule has 1 fully saturated rings. The highest BCUT2D eigenvalue weighted by Gasteiger charge is 2.27. The fourth-order valence-corrected chi connectivity index (χ4v) is 3.55. The van der Waals surface area contributed by atoms with Crippen LogP contribution in [0.15, 0.2) is 36.4 Å². The SMILES string of the molecule is C[C@H](OC(=O)c1ccc(NC2CC2)c([N+](=O)[O-])c1)C(=O)Nc1ccc2c(c1)CCC2. The predicted molar refractivity (Wildman–Crippen MR) is 112 cm³/mol. The molecule has 1 saturated carbocycles. The molecule has 0 saturated heterocycles. The second-order valence-electron chi connectivity index (χ2n) is 7.78. The Balaban J connectivity index is 1.40. The van der Waals surface area contributed by atoms with Gasteiger partial charge in [0.2, 0.25) is 0 Å². The van der Waals surface area contributed by atoms with Gasteiger partial charge in [0, 0.05) is 17.8 Å². The van der Waals surface area contributed by atoms with Crippen LogP contribution in [0.5, 0.6) is 0 Å². The smallest absolute Gasteiger partial charge is 0.339 e. The van der Waals surface area contributed by atoms with Gasteiger partial charge >= 0.3 is 5.97 Å². The van der Waals surface area contributed by atoms with Gasteiger partial charge in [0.05, 0.1) is 10.5 Å². The molecule has 1 atom stereocenters. The lowest BCUT2D eigenvalue weighted by Gasteiger charge is -2.14. The number of aryl methyl sites for hydroxylation is 2. The third-order valence-electron chi connectivity index (χ3n) is 5.39. The average Bonchev–Trinajstić information content (AvgIpc) is 3.41. The van der Waals surface area contributed by atoms with Crippen molar-refractivity contribution in [3.05, 3.63) is 63.2 Å². The highest BCUT2D eigenvalue weighted by molar-refractivity contribution is 5.98. The lowest BCUT2D eigenvalue weighted by molar-refractivity contribution is -0.384. The molecule has 2 aliphatic rings. The third-order valence-corrected chi connectivity index (χ3v) is 5.39. The van der Waals surface area contributed by atoms with Crippen LogP contribution >= 0.6 is 0 Å². The van der Waals surface area contributed by atoms with Crippen LogP contribution in [0.1, 0.15) is 47.7 Å². The van der Waals surface area contributed by atoms with Crippen LogP contribution in [0.2, 0.25) is 0 Å². The first-order valence-corrected chi connectivity index (χ1v) is 10.1. The molecule has 2 aromatic carbocycles. The van der Waals surface area contributed by atoms with Crippen molar-refractivity contribution < 1.29 is 19.2 Å². The van der Waals surface area contributed by atoms with E-state index in [1.165, 1.54) is 36.2 Å². The van der Waals surface area contributed by atoms with E-state index in [0.29, 0.717) is 11.4 Å². The fraction of sp³-hybridized carbons (Fsp3) is 0.364. The Morgan fingerprint density at radius 3 is 2.63 bits per heavy atom. The van der Waals surface area contributed by atoms with Crippen molar-refractivity contribution in [1.82, 2.24) is 0 Å². The zero-order chi connectivity index (χ0) is 21.3. The number of carbonyl (C=O) groups is 2. The van der Waals surface area contributed by atoms with Crippen LogP contribution in [-0.2, 0) is 22.4 Å². The summed E-state index contributed by atoms with van der Waals surface area (Å²) >= 11 is 0. The van der Waals surface area contributed by atoms with Gasteiger partial charge in [-0.25, -0.2) is 4.79 Å². The summed E-state index contributed by atoms with van der Waals surface area (Å²) in [4.78, 5) is 35.7. The molecule has 156 valence electrons. The van der Waals surface area contributed by atoms with E-state index < -0.39 is 22.9 Å². The van der Waals surface area contributed by atoms with E-state index in [2.05, 4.69) is 10.6 Å². The molecule has 4 rings (SSSR count). The van der Waals surface area contributed by atoms with Crippen LogP contribution in [-0.4, -0.2) is 28.9 Å². The summed E-state index contributed by atoms with van der Waals surface area (Å²) < 4.78 is 5.24. The molecule has 2 N–H and O–H groups in total. The molecule has 0 radical (unpaired) electrons. The quantitative estimate of drug-likeness (QED) is 0.408. The van der Waals surface area contributed by atoms with Crippen molar-refractivity contribution in [2.45, 2.75) is 51.2 Å². The molecular formula is C22H23N3O5. The van der Waals surface area contributed by atoms with E-state index in [0.717, 1.165) is 32.1 Å². The summed E-state index contributed by atoms with van der Waals surface area (Å²) in [6.45, 7) is 1.47. The average molecular weight is 409 g/mol. The normalized spacial score (nSPS) is 15.8. The van der Waals surface area contributed by atoms with Crippen molar-refractivity contribution in [2.75, 3.05) is 10.6 Å². The molecule has 8 heteroatoms. The number of amides is 1. The molecule has 0 heterocycles. The van der Waals surface area contributed by atoms with Gasteiger partial charge in [-0.05, 0) is 74.4 Å². The zero-order valence-corrected chi connectivity index (χ0v) is 16.6.